The predicted molar refractivity (Wildman–Crippen MR) is 55.7 cm³/mol. The lowest BCUT2D eigenvalue weighted by Crippen LogP contribution is -3.12. The Morgan fingerprint density at radius 1 is 1.36 bits per heavy atom. The summed E-state index contributed by atoms with van der Waals surface area (Å²) in [4.78, 5) is 1.25. The van der Waals surface area contributed by atoms with Gasteiger partial charge in [-0.2, -0.15) is 0 Å². The van der Waals surface area contributed by atoms with Gasteiger partial charge in [-0.05, 0) is 5.56 Å². The summed E-state index contributed by atoms with van der Waals surface area (Å²) in [6, 6.07) is 10.5. The van der Waals surface area contributed by atoms with Gasteiger partial charge in [-0.25, -0.2) is 0 Å². The summed E-state index contributed by atoms with van der Waals surface area (Å²) in [5.74, 6) is 0. The van der Waals surface area contributed by atoms with Crippen LogP contribution in [0.4, 0.5) is 0 Å². The molecule has 1 aromatic carbocycles. The van der Waals surface area contributed by atoms with Crippen LogP contribution in [0.3, 0.4) is 0 Å². The van der Waals surface area contributed by atoms with Gasteiger partial charge in [0, 0.05) is 12.8 Å². The van der Waals surface area contributed by atoms with Crippen LogP contribution in [-0.2, 0) is 11.2 Å². The summed E-state index contributed by atoms with van der Waals surface area (Å²) in [5.41, 5.74) is 1.33. The summed E-state index contributed by atoms with van der Waals surface area (Å²) in [6.45, 7) is 2.01. The third-order valence-corrected chi connectivity index (χ3v) is 2.68. The molecule has 1 unspecified atom stereocenters. The van der Waals surface area contributed by atoms with Crippen molar-refractivity contribution in [2.45, 2.75) is 19.1 Å². The molecular formula is C12H17NO. The zero-order valence-corrected chi connectivity index (χ0v) is 8.41. The van der Waals surface area contributed by atoms with Crippen molar-refractivity contribution < 1.29 is 9.64 Å². The van der Waals surface area contributed by atoms with E-state index in [4.69, 9.17) is 4.74 Å². The molecule has 2 atom stereocenters. The Balaban J connectivity index is 1.96. The molecule has 0 aromatic heterocycles. The second-order valence-electron chi connectivity index (χ2n) is 3.81. The molecule has 1 saturated heterocycles. The molecule has 2 rings (SSSR count). The Morgan fingerprint density at radius 3 is 2.86 bits per heavy atom. The Bertz CT molecular complexity index is 273. The van der Waals surface area contributed by atoms with E-state index in [0.717, 1.165) is 26.0 Å². The summed E-state index contributed by atoms with van der Waals surface area (Å²) in [5, 5.41) is 0. The van der Waals surface area contributed by atoms with E-state index in [9.17, 15) is 0 Å². The van der Waals surface area contributed by atoms with Gasteiger partial charge in [0.25, 0.3) is 0 Å². The molecule has 1 aliphatic heterocycles. The van der Waals surface area contributed by atoms with Crippen molar-refractivity contribution in [1.82, 2.24) is 0 Å². The van der Waals surface area contributed by atoms with Crippen LogP contribution in [0.5, 0.6) is 0 Å². The third-order valence-electron chi connectivity index (χ3n) is 2.68. The average molecular weight is 191 g/mol. The highest BCUT2D eigenvalue weighted by Gasteiger charge is 2.19. The largest absolute Gasteiger partial charge is 0.442 e. The van der Waals surface area contributed by atoms with E-state index in [-0.39, 0.29) is 6.23 Å². The molecule has 14 heavy (non-hydrogen) atoms. The van der Waals surface area contributed by atoms with E-state index in [2.05, 4.69) is 31.3 Å². The Labute approximate surface area is 85.5 Å². The van der Waals surface area contributed by atoms with E-state index in [1.54, 1.807) is 0 Å². The Morgan fingerprint density at radius 2 is 2.14 bits per heavy atom. The number of ether oxygens (including phenoxy) is 1. The molecule has 1 aliphatic rings. The van der Waals surface area contributed by atoms with Crippen molar-refractivity contribution in [2.24, 2.45) is 0 Å². The van der Waals surface area contributed by atoms with Crippen molar-refractivity contribution in [1.29, 1.82) is 0 Å². The highest BCUT2D eigenvalue weighted by atomic mass is 16.5. The minimum absolute atomic E-state index is 0.242. The molecule has 2 heteroatoms. The maximum absolute atomic E-state index is 5.69. The van der Waals surface area contributed by atoms with Crippen LogP contribution >= 0.6 is 0 Å². The summed E-state index contributed by atoms with van der Waals surface area (Å²) in [7, 11) is 4.07. The van der Waals surface area contributed by atoms with Gasteiger partial charge in [0.2, 0.25) is 0 Å². The molecule has 0 bridgehead atoms. The van der Waals surface area contributed by atoms with Crippen LogP contribution in [0.1, 0.15) is 12.0 Å². The lowest BCUT2D eigenvalue weighted by molar-refractivity contribution is -0.914. The van der Waals surface area contributed by atoms with Crippen LogP contribution in [0.15, 0.2) is 30.3 Å². The van der Waals surface area contributed by atoms with Crippen LogP contribution in [0.25, 0.3) is 0 Å². The van der Waals surface area contributed by atoms with Crippen LogP contribution < -0.4 is 4.90 Å². The van der Waals surface area contributed by atoms with E-state index in [0.29, 0.717) is 0 Å². The number of hydrogen-bond donors (Lipinski definition) is 1. The lowest BCUT2D eigenvalue weighted by Gasteiger charge is -2.34. The van der Waals surface area contributed by atoms with Crippen LogP contribution in [0, 0.1) is 7.05 Å². The Kier molecular flexibility index (Phi) is 3.17. The summed E-state index contributed by atoms with van der Waals surface area (Å²) < 4.78 is 5.69. The molecule has 1 N–H and O–H groups in total. The highest BCUT2D eigenvalue weighted by Crippen LogP contribution is 2.04. The molecule has 0 saturated carbocycles. The minimum Gasteiger partial charge on any atom is -0.442 e. The second kappa shape index (κ2) is 4.58. The van der Waals surface area contributed by atoms with Gasteiger partial charge < -0.3 is 9.64 Å². The van der Waals surface area contributed by atoms with Gasteiger partial charge in [0.15, 0.2) is 6.23 Å². The standard InChI is InChI=1S/C12H17NO/c1-13-8-5-9-14-12(13)10-11-6-3-2-4-7-11/h2-4,6-7,12-13H,1,5,8-10H2/t12-/m0/s1. The zero-order chi connectivity index (χ0) is 9.80. The Hall–Kier alpha value is -0.860. The topological polar surface area (TPSA) is 13.7 Å². The summed E-state index contributed by atoms with van der Waals surface area (Å²) >= 11 is 0. The average Bonchev–Trinajstić information content (AvgIpc) is 2.23. The van der Waals surface area contributed by atoms with E-state index in [1.165, 1.54) is 10.5 Å². The first-order chi connectivity index (χ1) is 6.86. The first-order valence-corrected chi connectivity index (χ1v) is 5.19. The van der Waals surface area contributed by atoms with Crippen LogP contribution in [-0.4, -0.2) is 19.4 Å². The smallest absolute Gasteiger partial charge is 0.171 e. The van der Waals surface area contributed by atoms with Gasteiger partial charge in [0.1, 0.15) is 0 Å². The molecular weight excluding hydrogens is 174 g/mol. The molecule has 0 spiro atoms. The van der Waals surface area contributed by atoms with Gasteiger partial charge in [0.05, 0.1) is 13.2 Å². The first kappa shape index (κ1) is 9.69. The van der Waals surface area contributed by atoms with Crippen molar-refractivity contribution in [3.8, 4) is 0 Å². The molecule has 1 fully saturated rings. The number of quaternary nitrogens is 1. The van der Waals surface area contributed by atoms with E-state index >= 15 is 0 Å². The fourth-order valence-corrected chi connectivity index (χ4v) is 1.84. The fourth-order valence-electron chi connectivity index (χ4n) is 1.84. The van der Waals surface area contributed by atoms with Crippen molar-refractivity contribution >= 4 is 0 Å². The van der Waals surface area contributed by atoms with Crippen molar-refractivity contribution in [3.63, 3.8) is 0 Å². The SMILES string of the molecule is [CH2-][NH+]1CCCO[C@H]1Cc1ccccc1. The normalized spacial score (nSPS) is 27.5. The van der Waals surface area contributed by atoms with Crippen molar-refractivity contribution in [3.05, 3.63) is 42.9 Å². The molecule has 76 valence electrons. The number of benzene rings is 1. The quantitative estimate of drug-likeness (QED) is 0.678. The minimum atomic E-state index is 0.242. The maximum atomic E-state index is 5.69. The predicted octanol–water partition coefficient (Wildman–Crippen LogP) is 0.652. The maximum Gasteiger partial charge on any atom is 0.171 e. The zero-order valence-electron chi connectivity index (χ0n) is 8.41. The molecule has 1 heterocycles. The molecule has 0 amide bonds. The monoisotopic (exact) mass is 191 g/mol. The fraction of sp³-hybridized carbons (Fsp3) is 0.417. The molecule has 0 aliphatic carbocycles. The molecule has 1 aromatic rings. The molecule has 0 radical (unpaired) electrons. The second-order valence-corrected chi connectivity index (χ2v) is 3.81. The number of hydrogen-bond acceptors (Lipinski definition) is 1. The molecule has 2 nitrogen and oxygen atoms in total. The number of rotatable bonds is 2. The van der Waals surface area contributed by atoms with E-state index in [1.807, 2.05) is 6.07 Å². The van der Waals surface area contributed by atoms with Gasteiger partial charge in [-0.15, -0.1) is 7.05 Å². The van der Waals surface area contributed by atoms with Crippen molar-refractivity contribution in [2.75, 3.05) is 13.2 Å². The van der Waals surface area contributed by atoms with Gasteiger partial charge in [-0.3, -0.25) is 0 Å². The van der Waals surface area contributed by atoms with Crippen LogP contribution in [0.2, 0.25) is 0 Å². The summed E-state index contributed by atoms with van der Waals surface area (Å²) in [6.07, 6.45) is 2.34. The van der Waals surface area contributed by atoms with Gasteiger partial charge in [-0.1, -0.05) is 30.3 Å². The van der Waals surface area contributed by atoms with E-state index < -0.39 is 0 Å². The lowest BCUT2D eigenvalue weighted by atomic mass is 10.1. The highest BCUT2D eigenvalue weighted by molar-refractivity contribution is 5.14. The third kappa shape index (κ3) is 2.34. The number of nitrogens with one attached hydrogen (secondary N) is 1. The first-order valence-electron chi connectivity index (χ1n) is 5.19. The van der Waals surface area contributed by atoms with Gasteiger partial charge >= 0.3 is 0 Å².